The maximum atomic E-state index is 11.8. The van der Waals surface area contributed by atoms with Gasteiger partial charge in [0.2, 0.25) is 5.91 Å². The van der Waals surface area contributed by atoms with Crippen LogP contribution in [0.4, 0.5) is 0 Å². The summed E-state index contributed by atoms with van der Waals surface area (Å²) in [5.41, 5.74) is 1.24. The summed E-state index contributed by atoms with van der Waals surface area (Å²) in [6.45, 7) is 5.81. The van der Waals surface area contributed by atoms with Crippen molar-refractivity contribution < 1.29 is 9.32 Å². The molecule has 2 rings (SSSR count). The molecule has 0 unspecified atom stereocenters. The largest absolute Gasteiger partial charge is 0.356 e. The number of halogens is 1. The number of nitrogens with zero attached hydrogens (tertiary/aromatic N) is 1. The van der Waals surface area contributed by atoms with E-state index in [1.54, 1.807) is 18.2 Å². The van der Waals surface area contributed by atoms with Gasteiger partial charge in [0.25, 0.3) is 0 Å². The van der Waals surface area contributed by atoms with E-state index in [0.717, 1.165) is 5.56 Å². The summed E-state index contributed by atoms with van der Waals surface area (Å²) in [6.07, 6.45) is 0.203. The lowest BCUT2D eigenvalue weighted by Gasteiger charge is -2.19. The third kappa shape index (κ3) is 4.10. The number of carbonyl (C=O) groups excluding carboxylic acids is 1. The Labute approximate surface area is 123 Å². The van der Waals surface area contributed by atoms with Crippen LogP contribution in [0, 0.1) is 0 Å². The minimum atomic E-state index is -0.250. The molecule has 0 atom stereocenters. The monoisotopic (exact) mass is 292 g/mol. The number of benzene rings is 1. The van der Waals surface area contributed by atoms with Crippen LogP contribution in [0.15, 0.2) is 34.9 Å². The molecule has 20 heavy (non-hydrogen) atoms. The average molecular weight is 293 g/mol. The summed E-state index contributed by atoms with van der Waals surface area (Å²) < 4.78 is 5.25. The number of nitrogens with one attached hydrogen (secondary N) is 1. The molecule has 1 N–H and O–H groups in total. The lowest BCUT2D eigenvalue weighted by Crippen LogP contribution is -2.41. The molecule has 2 aromatic rings. The topological polar surface area (TPSA) is 55.1 Å². The van der Waals surface area contributed by atoms with Crippen LogP contribution in [0.5, 0.6) is 0 Å². The molecule has 1 aromatic heterocycles. The van der Waals surface area contributed by atoms with Gasteiger partial charge in [0.15, 0.2) is 5.76 Å². The molecule has 5 heteroatoms. The predicted molar refractivity (Wildman–Crippen MR) is 78.5 cm³/mol. The van der Waals surface area contributed by atoms with Crippen molar-refractivity contribution in [3.05, 3.63) is 41.0 Å². The number of amides is 1. The molecular weight excluding hydrogens is 276 g/mol. The van der Waals surface area contributed by atoms with E-state index in [0.29, 0.717) is 16.5 Å². The van der Waals surface area contributed by atoms with Crippen molar-refractivity contribution in [3.8, 4) is 11.3 Å². The molecule has 1 heterocycles. The van der Waals surface area contributed by atoms with Gasteiger partial charge < -0.3 is 9.84 Å². The molecule has 0 spiro atoms. The van der Waals surface area contributed by atoms with Crippen molar-refractivity contribution in [1.82, 2.24) is 10.5 Å². The van der Waals surface area contributed by atoms with Crippen LogP contribution in [-0.2, 0) is 11.2 Å². The summed E-state index contributed by atoms with van der Waals surface area (Å²) >= 11 is 5.84. The summed E-state index contributed by atoms with van der Waals surface area (Å²) in [4.78, 5) is 11.8. The molecule has 106 valence electrons. The van der Waals surface area contributed by atoms with Crippen molar-refractivity contribution in [1.29, 1.82) is 0 Å². The number of rotatable bonds is 3. The molecule has 0 radical (unpaired) electrons. The highest BCUT2D eigenvalue weighted by atomic mass is 35.5. The Morgan fingerprint density at radius 3 is 2.55 bits per heavy atom. The van der Waals surface area contributed by atoms with Gasteiger partial charge in [-0.3, -0.25) is 4.79 Å². The molecule has 1 amide bonds. The number of carbonyl (C=O) groups is 1. The lowest BCUT2D eigenvalue weighted by molar-refractivity contribution is -0.121. The molecule has 1 aromatic carbocycles. The third-order valence-electron chi connectivity index (χ3n) is 2.54. The van der Waals surface area contributed by atoms with Crippen LogP contribution in [0.25, 0.3) is 11.3 Å². The SMILES string of the molecule is CC(C)(C)NC(=O)Cc1cc(-c2ccc(Cl)cc2)on1. The maximum Gasteiger partial charge on any atom is 0.226 e. The summed E-state index contributed by atoms with van der Waals surface area (Å²) in [6, 6.07) is 9.03. The lowest BCUT2D eigenvalue weighted by atomic mass is 10.1. The molecule has 0 saturated heterocycles. The van der Waals surface area contributed by atoms with Crippen LogP contribution in [0.2, 0.25) is 5.02 Å². The zero-order valence-electron chi connectivity index (χ0n) is 11.7. The van der Waals surface area contributed by atoms with Gasteiger partial charge in [-0.2, -0.15) is 0 Å². The normalized spacial score (nSPS) is 11.4. The zero-order chi connectivity index (χ0) is 14.8. The van der Waals surface area contributed by atoms with Crippen LogP contribution < -0.4 is 5.32 Å². The first-order chi connectivity index (χ1) is 9.33. The fourth-order valence-electron chi connectivity index (χ4n) is 1.77. The number of hydrogen-bond donors (Lipinski definition) is 1. The quantitative estimate of drug-likeness (QED) is 0.942. The van der Waals surface area contributed by atoms with E-state index < -0.39 is 0 Å². The van der Waals surface area contributed by atoms with Crippen LogP contribution in [-0.4, -0.2) is 16.6 Å². The van der Waals surface area contributed by atoms with Gasteiger partial charge in [-0.05, 0) is 45.0 Å². The van der Waals surface area contributed by atoms with Gasteiger partial charge in [0, 0.05) is 22.2 Å². The standard InChI is InChI=1S/C15H17ClN2O2/c1-15(2,3)17-14(19)9-12-8-13(20-18-12)10-4-6-11(16)7-5-10/h4-8H,9H2,1-3H3,(H,17,19). The molecule has 0 fully saturated rings. The highest BCUT2D eigenvalue weighted by molar-refractivity contribution is 6.30. The predicted octanol–water partition coefficient (Wildman–Crippen LogP) is 3.45. The van der Waals surface area contributed by atoms with Crippen molar-refractivity contribution in [3.63, 3.8) is 0 Å². The van der Waals surface area contributed by atoms with Crippen molar-refractivity contribution >= 4 is 17.5 Å². The highest BCUT2D eigenvalue weighted by Crippen LogP contribution is 2.22. The highest BCUT2D eigenvalue weighted by Gasteiger charge is 2.16. The van der Waals surface area contributed by atoms with E-state index in [4.69, 9.17) is 16.1 Å². The summed E-state index contributed by atoms with van der Waals surface area (Å²) in [5, 5.41) is 7.47. The van der Waals surface area contributed by atoms with Gasteiger partial charge in [0.05, 0.1) is 12.1 Å². The Hall–Kier alpha value is -1.81. The molecule has 0 aliphatic heterocycles. The van der Waals surface area contributed by atoms with E-state index >= 15 is 0 Å². The van der Waals surface area contributed by atoms with Crippen molar-refractivity contribution in [2.75, 3.05) is 0 Å². The van der Waals surface area contributed by atoms with Gasteiger partial charge in [-0.15, -0.1) is 0 Å². The summed E-state index contributed by atoms with van der Waals surface area (Å²) in [7, 11) is 0. The first-order valence-electron chi connectivity index (χ1n) is 6.36. The molecule has 0 saturated carbocycles. The summed E-state index contributed by atoms with van der Waals surface area (Å²) in [5.74, 6) is 0.550. The van der Waals surface area contributed by atoms with Gasteiger partial charge in [0.1, 0.15) is 0 Å². The number of aromatic nitrogens is 1. The van der Waals surface area contributed by atoms with E-state index in [9.17, 15) is 4.79 Å². The number of hydrogen-bond acceptors (Lipinski definition) is 3. The van der Waals surface area contributed by atoms with Crippen molar-refractivity contribution in [2.24, 2.45) is 0 Å². The Bertz CT molecular complexity index is 597. The fourth-order valence-corrected chi connectivity index (χ4v) is 1.90. The van der Waals surface area contributed by atoms with Gasteiger partial charge >= 0.3 is 0 Å². The minimum Gasteiger partial charge on any atom is -0.356 e. The first-order valence-corrected chi connectivity index (χ1v) is 6.74. The van der Waals surface area contributed by atoms with Gasteiger partial charge in [-0.1, -0.05) is 16.8 Å². The van der Waals surface area contributed by atoms with Crippen LogP contribution >= 0.6 is 11.6 Å². The smallest absolute Gasteiger partial charge is 0.226 e. The Morgan fingerprint density at radius 2 is 1.95 bits per heavy atom. The molecule has 0 aliphatic carbocycles. The molecule has 0 aliphatic rings. The van der Waals surface area contributed by atoms with Gasteiger partial charge in [-0.25, -0.2) is 0 Å². The van der Waals surface area contributed by atoms with E-state index in [-0.39, 0.29) is 17.9 Å². The second-order valence-electron chi connectivity index (χ2n) is 5.66. The fraction of sp³-hybridized carbons (Fsp3) is 0.333. The second-order valence-corrected chi connectivity index (χ2v) is 6.10. The molecule has 0 bridgehead atoms. The Balaban J connectivity index is 2.06. The minimum absolute atomic E-state index is 0.0755. The van der Waals surface area contributed by atoms with E-state index in [1.165, 1.54) is 0 Å². The van der Waals surface area contributed by atoms with Crippen LogP contribution in [0.3, 0.4) is 0 Å². The second kappa shape index (κ2) is 5.67. The van der Waals surface area contributed by atoms with Crippen molar-refractivity contribution in [2.45, 2.75) is 32.7 Å². The van der Waals surface area contributed by atoms with E-state index in [2.05, 4.69) is 10.5 Å². The molecule has 4 nitrogen and oxygen atoms in total. The first kappa shape index (κ1) is 14.6. The zero-order valence-corrected chi connectivity index (χ0v) is 12.5. The third-order valence-corrected chi connectivity index (χ3v) is 2.80. The Morgan fingerprint density at radius 1 is 1.30 bits per heavy atom. The van der Waals surface area contributed by atoms with E-state index in [1.807, 2.05) is 32.9 Å². The maximum absolute atomic E-state index is 11.8. The van der Waals surface area contributed by atoms with Crippen LogP contribution in [0.1, 0.15) is 26.5 Å². The molecular formula is C15H17ClN2O2. The average Bonchev–Trinajstić information content (AvgIpc) is 2.75. The Kier molecular flexibility index (Phi) is 4.14.